The van der Waals surface area contributed by atoms with Crippen molar-refractivity contribution in [3.05, 3.63) is 42.6 Å². The van der Waals surface area contributed by atoms with Crippen LogP contribution in [0.4, 0.5) is 4.39 Å². The molecule has 1 aliphatic carbocycles. The van der Waals surface area contributed by atoms with E-state index in [0.29, 0.717) is 25.1 Å². The summed E-state index contributed by atoms with van der Waals surface area (Å²) < 4.78 is 20.8. The van der Waals surface area contributed by atoms with Crippen molar-refractivity contribution in [3.8, 4) is 22.6 Å². The Kier molecular flexibility index (Phi) is 6.79. The Morgan fingerprint density at radius 3 is 2.53 bits per heavy atom. The van der Waals surface area contributed by atoms with Crippen LogP contribution in [0.2, 0.25) is 0 Å². The van der Waals surface area contributed by atoms with Crippen LogP contribution in [0.25, 0.3) is 22.0 Å². The number of amides is 1. The zero-order valence-electron chi connectivity index (χ0n) is 20.2. The van der Waals surface area contributed by atoms with Gasteiger partial charge in [0, 0.05) is 25.4 Å². The number of rotatable bonds is 9. The number of carbonyl (C=O) groups is 1. The van der Waals surface area contributed by atoms with Gasteiger partial charge in [-0.2, -0.15) is 5.10 Å². The molecule has 0 radical (unpaired) electrons. The number of aromatic hydroxyl groups is 1. The summed E-state index contributed by atoms with van der Waals surface area (Å²) in [7, 11) is 3.97. The normalized spacial score (nSPS) is 18.2. The predicted octanol–water partition coefficient (Wildman–Crippen LogP) is 4.37. The highest BCUT2D eigenvalue weighted by atomic mass is 19.1. The number of phenolic OH excluding ortho intramolecular Hbond substituents is 1. The lowest BCUT2D eigenvalue weighted by Crippen LogP contribution is -2.55. The molecule has 0 atom stereocenters. The van der Waals surface area contributed by atoms with Gasteiger partial charge in [0.25, 0.3) is 5.91 Å². The lowest BCUT2D eigenvalue weighted by atomic mass is 9.86. The number of nitrogens with one attached hydrogen (secondary N) is 1. The van der Waals surface area contributed by atoms with E-state index < -0.39 is 11.6 Å². The van der Waals surface area contributed by atoms with Crippen molar-refractivity contribution in [3.63, 3.8) is 0 Å². The number of alkyl halides is 1. The molecule has 34 heavy (non-hydrogen) atoms. The highest BCUT2D eigenvalue weighted by molar-refractivity contribution is 5.90. The van der Waals surface area contributed by atoms with Crippen molar-refractivity contribution in [2.45, 2.75) is 50.9 Å². The molecular weight excluding hydrogens is 435 g/mol. The third kappa shape index (κ3) is 5.33. The molecule has 0 aliphatic heterocycles. The summed E-state index contributed by atoms with van der Waals surface area (Å²) in [5.74, 6) is 0.472. The smallest absolute Gasteiger partial charge is 0.259 e. The second kappa shape index (κ2) is 9.62. The molecule has 3 aromatic rings. The third-order valence-corrected chi connectivity index (χ3v) is 6.30. The number of halogens is 1. The number of phenols is 1. The fourth-order valence-electron chi connectivity index (χ4n) is 4.35. The Morgan fingerprint density at radius 2 is 1.88 bits per heavy atom. The molecule has 182 valence electrons. The van der Waals surface area contributed by atoms with Gasteiger partial charge in [0.1, 0.15) is 17.6 Å². The standard InChI is InChI=1S/C26H33FN4O3/c1-26(2,27)25(33)31(11-5-10-30(3)4)19-14-21(15-19)34-24-13-18(12-23-22(24)16-28-29-23)17-6-8-20(32)9-7-17/h6-9,12-13,16,19,21,32H,5,10-11,14-15H2,1-4H3,(H,28,29). The molecule has 0 bridgehead atoms. The van der Waals surface area contributed by atoms with Crippen LogP contribution in [-0.2, 0) is 4.79 Å². The highest BCUT2D eigenvalue weighted by Gasteiger charge is 2.42. The van der Waals surface area contributed by atoms with E-state index >= 15 is 0 Å². The lowest BCUT2D eigenvalue weighted by Gasteiger charge is -2.44. The average Bonchev–Trinajstić information content (AvgIpc) is 3.22. The number of H-pyrrole nitrogens is 1. The second-order valence-corrected chi connectivity index (χ2v) is 9.85. The molecule has 4 rings (SSSR count). The molecule has 0 spiro atoms. The maximum Gasteiger partial charge on any atom is 0.259 e. The minimum atomic E-state index is -1.90. The zero-order chi connectivity index (χ0) is 24.5. The van der Waals surface area contributed by atoms with E-state index in [-0.39, 0.29) is 17.9 Å². The summed E-state index contributed by atoms with van der Waals surface area (Å²) in [5, 5.41) is 17.6. The van der Waals surface area contributed by atoms with Crippen LogP contribution in [-0.4, -0.2) is 76.0 Å². The van der Waals surface area contributed by atoms with E-state index in [4.69, 9.17) is 4.74 Å². The summed E-state index contributed by atoms with van der Waals surface area (Å²) in [6.45, 7) is 4.02. The quantitative estimate of drug-likeness (QED) is 0.487. The van der Waals surface area contributed by atoms with Gasteiger partial charge < -0.3 is 19.6 Å². The number of aromatic nitrogens is 2. The van der Waals surface area contributed by atoms with Gasteiger partial charge in [-0.25, -0.2) is 4.39 Å². The number of hydrogen-bond donors (Lipinski definition) is 2. The number of fused-ring (bicyclic) bond motifs is 1. The second-order valence-electron chi connectivity index (χ2n) is 9.85. The Bertz CT molecular complexity index is 1130. The zero-order valence-corrected chi connectivity index (χ0v) is 20.2. The fraction of sp³-hybridized carbons (Fsp3) is 0.462. The van der Waals surface area contributed by atoms with Crippen molar-refractivity contribution < 1.29 is 19.0 Å². The molecule has 1 amide bonds. The third-order valence-electron chi connectivity index (χ3n) is 6.30. The molecule has 0 saturated heterocycles. The Morgan fingerprint density at radius 1 is 1.18 bits per heavy atom. The fourth-order valence-corrected chi connectivity index (χ4v) is 4.35. The SMILES string of the molecule is CN(C)CCCN(C(=O)C(C)(C)F)C1CC(Oc2cc(-c3ccc(O)cc3)cc3[nH]ncc23)C1. The highest BCUT2D eigenvalue weighted by Crippen LogP contribution is 2.37. The van der Waals surface area contributed by atoms with Gasteiger partial charge in [-0.1, -0.05) is 12.1 Å². The van der Waals surface area contributed by atoms with Crippen molar-refractivity contribution in [2.75, 3.05) is 27.2 Å². The number of aromatic amines is 1. The number of benzene rings is 2. The van der Waals surface area contributed by atoms with Gasteiger partial charge in [-0.05, 0) is 76.3 Å². The first-order valence-corrected chi connectivity index (χ1v) is 11.7. The first-order valence-electron chi connectivity index (χ1n) is 11.7. The summed E-state index contributed by atoms with van der Waals surface area (Å²) in [4.78, 5) is 16.5. The summed E-state index contributed by atoms with van der Waals surface area (Å²) in [5.41, 5.74) is 0.859. The van der Waals surface area contributed by atoms with E-state index in [1.807, 2.05) is 38.4 Å². The van der Waals surface area contributed by atoms with Crippen LogP contribution in [0.3, 0.4) is 0 Å². The monoisotopic (exact) mass is 468 g/mol. The minimum Gasteiger partial charge on any atom is -0.508 e. The molecule has 2 aromatic carbocycles. The van der Waals surface area contributed by atoms with Gasteiger partial charge in [0.2, 0.25) is 0 Å². The number of carbonyl (C=O) groups excluding carboxylic acids is 1. The molecule has 2 N–H and O–H groups in total. The van der Waals surface area contributed by atoms with Crippen molar-refractivity contribution >= 4 is 16.8 Å². The maximum absolute atomic E-state index is 14.5. The summed E-state index contributed by atoms with van der Waals surface area (Å²) in [6.07, 6.45) is 3.79. The molecule has 0 unspecified atom stereocenters. The van der Waals surface area contributed by atoms with Gasteiger partial charge in [0.05, 0.1) is 17.1 Å². The predicted molar refractivity (Wildman–Crippen MR) is 131 cm³/mol. The molecule has 7 nitrogen and oxygen atoms in total. The van der Waals surface area contributed by atoms with Crippen LogP contribution in [0.5, 0.6) is 11.5 Å². The van der Waals surface area contributed by atoms with Crippen molar-refractivity contribution in [1.29, 1.82) is 0 Å². The van der Waals surface area contributed by atoms with E-state index in [9.17, 15) is 14.3 Å². The van der Waals surface area contributed by atoms with Crippen molar-refractivity contribution in [1.82, 2.24) is 20.0 Å². The Labute approximate surface area is 199 Å². The van der Waals surface area contributed by atoms with E-state index in [1.54, 1.807) is 23.2 Å². The lowest BCUT2D eigenvalue weighted by molar-refractivity contribution is -0.148. The largest absolute Gasteiger partial charge is 0.508 e. The Balaban J connectivity index is 1.48. The van der Waals surface area contributed by atoms with E-state index in [0.717, 1.165) is 35.0 Å². The first-order chi connectivity index (χ1) is 16.1. The summed E-state index contributed by atoms with van der Waals surface area (Å²) in [6, 6.07) is 10.9. The first kappa shape index (κ1) is 24.0. The Hall–Kier alpha value is -3.13. The maximum atomic E-state index is 14.5. The van der Waals surface area contributed by atoms with Crippen LogP contribution in [0, 0.1) is 0 Å². The van der Waals surface area contributed by atoms with Crippen LogP contribution in [0.15, 0.2) is 42.6 Å². The molecule has 1 saturated carbocycles. The van der Waals surface area contributed by atoms with E-state index in [1.165, 1.54) is 13.8 Å². The number of hydrogen-bond acceptors (Lipinski definition) is 5. The van der Waals surface area contributed by atoms with Gasteiger partial charge >= 0.3 is 0 Å². The topological polar surface area (TPSA) is 81.7 Å². The molecule has 1 aliphatic rings. The van der Waals surface area contributed by atoms with Gasteiger partial charge in [0.15, 0.2) is 5.67 Å². The van der Waals surface area contributed by atoms with Crippen LogP contribution < -0.4 is 4.74 Å². The van der Waals surface area contributed by atoms with Crippen LogP contribution in [0.1, 0.15) is 33.1 Å². The van der Waals surface area contributed by atoms with E-state index in [2.05, 4.69) is 15.1 Å². The van der Waals surface area contributed by atoms with Gasteiger partial charge in [-0.3, -0.25) is 9.89 Å². The molecule has 1 heterocycles. The average molecular weight is 469 g/mol. The number of nitrogens with zero attached hydrogens (tertiary/aromatic N) is 3. The van der Waals surface area contributed by atoms with Gasteiger partial charge in [-0.15, -0.1) is 0 Å². The van der Waals surface area contributed by atoms with Crippen LogP contribution >= 0.6 is 0 Å². The number of ether oxygens (including phenoxy) is 1. The van der Waals surface area contributed by atoms with Crippen molar-refractivity contribution in [2.24, 2.45) is 0 Å². The molecule has 1 aromatic heterocycles. The summed E-state index contributed by atoms with van der Waals surface area (Å²) >= 11 is 0. The molecule has 8 heteroatoms. The molecule has 1 fully saturated rings. The molecular formula is C26H33FN4O3. The minimum absolute atomic E-state index is 0.0326.